The topological polar surface area (TPSA) is 45.2 Å². The molecule has 0 aliphatic heterocycles. The van der Waals surface area contributed by atoms with Crippen LogP contribution in [0.1, 0.15) is 53.5 Å². The Labute approximate surface area is 209 Å². The molecule has 3 rings (SSSR count). The van der Waals surface area contributed by atoms with Crippen molar-refractivity contribution >= 4 is 23.2 Å². The van der Waals surface area contributed by atoms with E-state index in [9.17, 15) is 18.0 Å². The third-order valence-corrected chi connectivity index (χ3v) is 5.95. The van der Waals surface area contributed by atoms with Gasteiger partial charge in [0.2, 0.25) is 0 Å². The van der Waals surface area contributed by atoms with Gasteiger partial charge in [-0.3, -0.25) is 4.79 Å². The van der Waals surface area contributed by atoms with E-state index in [-0.39, 0.29) is 41.7 Å². The molecule has 8 heteroatoms. The smallest absolute Gasteiger partial charge is 0.386 e. The molecule has 35 heavy (non-hydrogen) atoms. The van der Waals surface area contributed by atoms with Crippen molar-refractivity contribution in [2.75, 3.05) is 18.9 Å². The Balaban J connectivity index is 1.90. The number of amides is 1. The second kappa shape index (κ2) is 10.7. The summed E-state index contributed by atoms with van der Waals surface area (Å²) in [7, 11) is 1.68. The Morgan fingerprint density at radius 1 is 0.971 bits per heavy atom. The fraction of sp³-hybridized carbons (Fsp3) is 0.333. The van der Waals surface area contributed by atoms with Crippen molar-refractivity contribution < 1.29 is 18.0 Å². The number of hydrogen-bond acceptors (Lipinski definition) is 3. The number of nitrogens with one attached hydrogen (secondary N) is 1. The van der Waals surface area contributed by atoms with Crippen molar-refractivity contribution in [2.24, 2.45) is 0 Å². The number of anilines is 1. The number of carbonyl (C=O) groups excluding carboxylic acids is 1. The minimum atomic E-state index is -4.42. The van der Waals surface area contributed by atoms with E-state index in [1.165, 1.54) is 6.07 Å². The molecule has 0 bridgehead atoms. The molecule has 1 amide bonds. The van der Waals surface area contributed by atoms with Gasteiger partial charge in [0.05, 0.1) is 11.3 Å². The van der Waals surface area contributed by atoms with Crippen LogP contribution in [0.5, 0.6) is 0 Å². The average molecular weight is 504 g/mol. The van der Waals surface area contributed by atoms with Gasteiger partial charge in [0.25, 0.3) is 5.91 Å². The van der Waals surface area contributed by atoms with Crippen LogP contribution in [0.3, 0.4) is 0 Å². The molecule has 2 aromatic carbocycles. The Morgan fingerprint density at radius 2 is 1.66 bits per heavy atom. The molecule has 0 saturated heterocycles. The van der Waals surface area contributed by atoms with Crippen LogP contribution < -0.4 is 5.32 Å². The molecule has 1 heterocycles. The van der Waals surface area contributed by atoms with Crippen molar-refractivity contribution in [2.45, 2.75) is 45.3 Å². The second-order valence-electron chi connectivity index (χ2n) is 9.40. The van der Waals surface area contributed by atoms with E-state index in [1.807, 2.05) is 24.3 Å². The summed E-state index contributed by atoms with van der Waals surface area (Å²) in [5, 5.41) is 3.13. The first-order valence-electron chi connectivity index (χ1n) is 11.3. The van der Waals surface area contributed by atoms with Crippen LogP contribution in [0.4, 0.5) is 18.9 Å². The maximum atomic E-state index is 13.5. The Hall–Kier alpha value is -3.06. The summed E-state index contributed by atoms with van der Waals surface area (Å²) in [6.07, 6.45) is -4.17. The predicted octanol–water partition coefficient (Wildman–Crippen LogP) is 6.98. The molecule has 0 saturated carbocycles. The third-order valence-electron chi connectivity index (χ3n) is 5.74. The highest BCUT2D eigenvalue weighted by atomic mass is 35.5. The monoisotopic (exact) mass is 503 g/mol. The number of alkyl halides is 3. The molecule has 1 aromatic heterocycles. The lowest BCUT2D eigenvalue weighted by Gasteiger charge is -2.25. The number of pyridine rings is 1. The normalized spacial score (nSPS) is 11.9. The minimum absolute atomic E-state index is 0.00998. The first-order valence-corrected chi connectivity index (χ1v) is 11.7. The molecule has 3 aromatic rings. The first kappa shape index (κ1) is 26.5. The van der Waals surface area contributed by atoms with E-state index in [2.05, 4.69) is 31.1 Å². The number of rotatable bonds is 7. The van der Waals surface area contributed by atoms with Gasteiger partial charge in [0.15, 0.2) is 5.69 Å². The zero-order valence-corrected chi connectivity index (χ0v) is 21.0. The summed E-state index contributed by atoms with van der Waals surface area (Å²) in [6.45, 7) is 6.85. The lowest BCUT2D eigenvalue weighted by molar-refractivity contribution is -0.137. The molecule has 0 fully saturated rings. The van der Waals surface area contributed by atoms with Crippen LogP contribution in [-0.4, -0.2) is 29.4 Å². The van der Waals surface area contributed by atoms with Crippen molar-refractivity contribution in [3.8, 4) is 0 Å². The summed E-state index contributed by atoms with van der Waals surface area (Å²) in [6, 6.07) is 16.4. The summed E-state index contributed by atoms with van der Waals surface area (Å²) in [5.74, 6) is -0.358. The molecule has 0 radical (unpaired) electrons. The van der Waals surface area contributed by atoms with Crippen LogP contribution in [0.2, 0.25) is 5.15 Å². The highest BCUT2D eigenvalue weighted by molar-refractivity contribution is 6.29. The minimum Gasteiger partial charge on any atom is -0.386 e. The number of hydrogen-bond donors (Lipinski definition) is 1. The van der Waals surface area contributed by atoms with Gasteiger partial charge < -0.3 is 10.2 Å². The van der Waals surface area contributed by atoms with Crippen molar-refractivity contribution in [3.05, 3.63) is 93.8 Å². The molecule has 0 spiro atoms. The maximum absolute atomic E-state index is 13.5. The molecule has 1 N–H and O–H groups in total. The van der Waals surface area contributed by atoms with Gasteiger partial charge in [-0.15, -0.1) is 0 Å². The van der Waals surface area contributed by atoms with E-state index in [4.69, 9.17) is 11.6 Å². The van der Waals surface area contributed by atoms with Gasteiger partial charge in [0, 0.05) is 20.1 Å². The fourth-order valence-electron chi connectivity index (χ4n) is 3.70. The number of benzene rings is 2. The zero-order valence-electron chi connectivity index (χ0n) is 20.2. The van der Waals surface area contributed by atoms with Gasteiger partial charge in [-0.05, 0) is 46.7 Å². The second-order valence-corrected chi connectivity index (χ2v) is 9.79. The number of halogens is 4. The Kier molecular flexibility index (Phi) is 8.11. The van der Waals surface area contributed by atoms with Gasteiger partial charge in [-0.2, -0.15) is 13.2 Å². The fourth-order valence-corrected chi connectivity index (χ4v) is 3.85. The van der Waals surface area contributed by atoms with Crippen LogP contribution in [0.25, 0.3) is 0 Å². The third kappa shape index (κ3) is 6.98. The molecule has 186 valence electrons. The molecular weight excluding hydrogens is 475 g/mol. The number of aromatic nitrogens is 1. The van der Waals surface area contributed by atoms with Gasteiger partial charge in [-0.25, -0.2) is 4.98 Å². The zero-order chi connectivity index (χ0) is 25.8. The average Bonchev–Trinajstić information content (AvgIpc) is 2.80. The highest BCUT2D eigenvalue weighted by Crippen LogP contribution is 2.30. The van der Waals surface area contributed by atoms with Crippen LogP contribution >= 0.6 is 11.6 Å². The Bertz CT molecular complexity index is 1170. The van der Waals surface area contributed by atoms with E-state index >= 15 is 0 Å². The largest absolute Gasteiger partial charge is 0.416 e. The van der Waals surface area contributed by atoms with Gasteiger partial charge >= 0.3 is 6.18 Å². The molecule has 0 atom stereocenters. The van der Waals surface area contributed by atoms with E-state index in [0.29, 0.717) is 11.3 Å². The first-order chi connectivity index (χ1) is 16.4. The van der Waals surface area contributed by atoms with E-state index in [1.54, 1.807) is 30.1 Å². The van der Waals surface area contributed by atoms with Gasteiger partial charge in [0.1, 0.15) is 5.15 Å². The van der Waals surface area contributed by atoms with Crippen LogP contribution in [0, 0.1) is 0 Å². The summed E-state index contributed by atoms with van der Waals surface area (Å²) < 4.78 is 39.4. The lowest BCUT2D eigenvalue weighted by Crippen LogP contribution is -2.33. The van der Waals surface area contributed by atoms with Crippen LogP contribution in [0.15, 0.2) is 60.7 Å². The van der Waals surface area contributed by atoms with E-state index < -0.39 is 11.7 Å². The quantitative estimate of drug-likeness (QED) is 0.354. The molecule has 4 nitrogen and oxygen atoms in total. The van der Waals surface area contributed by atoms with Crippen molar-refractivity contribution in [3.63, 3.8) is 0 Å². The van der Waals surface area contributed by atoms with E-state index in [0.717, 1.165) is 23.3 Å². The summed E-state index contributed by atoms with van der Waals surface area (Å²) in [4.78, 5) is 19.3. The van der Waals surface area contributed by atoms with Gasteiger partial charge in [-0.1, -0.05) is 74.8 Å². The molecule has 0 unspecified atom stereocenters. The van der Waals surface area contributed by atoms with Crippen molar-refractivity contribution in [1.29, 1.82) is 0 Å². The summed E-state index contributed by atoms with van der Waals surface area (Å²) in [5.41, 5.74) is 2.53. The maximum Gasteiger partial charge on any atom is 0.416 e. The standard InChI is InChI=1S/C27H29ClF3N3O/c1-26(2,3)20-10-8-19(9-11-20)17-34(25(35)24-22(32-4)12-13-23(28)33-24)15-14-18-6-5-7-21(16-18)27(29,30)31/h5-13,16,32H,14-15,17H2,1-4H3. The lowest BCUT2D eigenvalue weighted by atomic mass is 9.87. The highest BCUT2D eigenvalue weighted by Gasteiger charge is 2.30. The molecule has 0 aliphatic rings. The van der Waals surface area contributed by atoms with Crippen LogP contribution in [-0.2, 0) is 24.6 Å². The number of nitrogens with zero attached hydrogens (tertiary/aromatic N) is 2. The molecule has 0 aliphatic carbocycles. The number of carbonyl (C=O) groups is 1. The Morgan fingerprint density at radius 3 is 2.26 bits per heavy atom. The summed E-state index contributed by atoms with van der Waals surface area (Å²) >= 11 is 6.06. The SMILES string of the molecule is CNc1ccc(Cl)nc1C(=O)N(CCc1cccc(C(F)(F)F)c1)Cc1ccc(C(C)(C)C)cc1. The predicted molar refractivity (Wildman–Crippen MR) is 134 cm³/mol. The molecular formula is C27H29ClF3N3O. The van der Waals surface area contributed by atoms with Crippen molar-refractivity contribution in [1.82, 2.24) is 9.88 Å².